The molecule has 0 spiro atoms. The molecule has 3 N–H and O–H groups in total. The topological polar surface area (TPSA) is 104 Å². The number of esters is 1. The van der Waals surface area contributed by atoms with Crippen LogP contribution in [0.25, 0.3) is 0 Å². The van der Waals surface area contributed by atoms with Crippen molar-refractivity contribution < 1.29 is 41.0 Å². The van der Waals surface area contributed by atoms with E-state index in [4.69, 9.17) is 11.6 Å². The highest BCUT2D eigenvalue weighted by atomic mass is 35.5. The highest BCUT2D eigenvalue weighted by Crippen LogP contribution is 2.37. The largest absolute Gasteiger partial charge is 0.461 e. The van der Waals surface area contributed by atoms with Crippen LogP contribution < -0.4 is 0 Å². The molecule has 0 aromatic carbocycles. The lowest BCUT2D eigenvalue weighted by atomic mass is 10.1. The summed E-state index contributed by atoms with van der Waals surface area (Å²) in [6.45, 7) is 5.78. The van der Waals surface area contributed by atoms with Gasteiger partial charge in [-0.15, -0.1) is 0 Å². The van der Waals surface area contributed by atoms with E-state index in [1.165, 1.54) is 20.8 Å². The molecule has 0 fully saturated rings. The first kappa shape index (κ1) is 25.8. The molecule has 0 radical (unpaired) electrons. The summed E-state index contributed by atoms with van der Waals surface area (Å²) in [6, 6.07) is 0. The van der Waals surface area contributed by atoms with Crippen molar-refractivity contribution in [1.29, 1.82) is 0 Å². The Kier molecular flexibility index (Phi) is 7.94. The zero-order chi connectivity index (χ0) is 23.5. The molecule has 0 bridgehead atoms. The third-order valence-corrected chi connectivity index (χ3v) is 3.91. The minimum atomic E-state index is -4.59. The average molecular weight is 465 g/mol. The number of H-pyrrole nitrogens is 2. The molecule has 7 nitrogen and oxygen atoms in total. The Hall–Kier alpha value is -2.28. The smallest absolute Gasteiger partial charge is 0.434 e. The maximum Gasteiger partial charge on any atom is 0.434 e. The van der Waals surface area contributed by atoms with Crippen LogP contribution in [0.3, 0.4) is 0 Å². The summed E-state index contributed by atoms with van der Waals surface area (Å²) >= 11 is 5.42. The molecule has 0 saturated heterocycles. The first-order chi connectivity index (χ1) is 13.6. The number of ether oxygens (including phenoxy) is 1. The lowest BCUT2D eigenvalue weighted by Gasteiger charge is -2.14. The Morgan fingerprint density at radius 1 is 1.03 bits per heavy atom. The van der Waals surface area contributed by atoms with Crippen molar-refractivity contribution in [3.63, 3.8) is 0 Å². The standard InChI is InChI=1S/C9H11F3N2O2.C7H8ClF3N2O/c1-3-5-6(8(15)16-4-2)13-14-7(5)9(10,11)12;1-6(2,14)4-3(8)5(13-12-4)7(9,10)11/h3-4H2,1-2H3,(H,13,14);14H,1-2H3,(H,12,13). The van der Waals surface area contributed by atoms with Crippen LogP contribution >= 0.6 is 11.6 Å². The third-order valence-electron chi connectivity index (χ3n) is 3.54. The van der Waals surface area contributed by atoms with Crippen molar-refractivity contribution >= 4 is 17.6 Å². The van der Waals surface area contributed by atoms with Crippen molar-refractivity contribution in [2.24, 2.45) is 0 Å². The molecule has 0 aliphatic rings. The zero-order valence-electron chi connectivity index (χ0n) is 16.2. The second kappa shape index (κ2) is 9.25. The van der Waals surface area contributed by atoms with E-state index >= 15 is 0 Å². The number of nitrogens with zero attached hydrogens (tertiary/aromatic N) is 2. The number of halogens is 7. The van der Waals surface area contributed by atoms with Crippen LogP contribution in [0.5, 0.6) is 0 Å². The molecule has 0 atom stereocenters. The van der Waals surface area contributed by atoms with Gasteiger partial charge in [0.05, 0.1) is 11.6 Å². The number of aliphatic hydroxyl groups is 1. The van der Waals surface area contributed by atoms with Gasteiger partial charge < -0.3 is 9.84 Å². The third kappa shape index (κ3) is 6.11. The van der Waals surface area contributed by atoms with Crippen LogP contribution in [0, 0.1) is 0 Å². The second-order valence-electron chi connectivity index (χ2n) is 6.32. The average Bonchev–Trinajstić information content (AvgIpc) is 3.17. The van der Waals surface area contributed by atoms with Gasteiger partial charge in [-0.3, -0.25) is 10.2 Å². The zero-order valence-corrected chi connectivity index (χ0v) is 17.0. The first-order valence-electron chi connectivity index (χ1n) is 8.41. The Labute approximate surface area is 171 Å². The number of nitrogens with one attached hydrogen (secondary N) is 2. The summed E-state index contributed by atoms with van der Waals surface area (Å²) in [4.78, 5) is 11.3. The van der Waals surface area contributed by atoms with E-state index in [-0.39, 0.29) is 30.0 Å². The van der Waals surface area contributed by atoms with Crippen molar-refractivity contribution in [1.82, 2.24) is 20.4 Å². The molecule has 0 saturated carbocycles. The van der Waals surface area contributed by atoms with Gasteiger partial charge in [0.25, 0.3) is 0 Å². The molecular formula is C16H19ClF6N4O3. The maximum absolute atomic E-state index is 12.5. The molecule has 0 aliphatic carbocycles. The van der Waals surface area contributed by atoms with Gasteiger partial charge in [-0.05, 0) is 27.2 Å². The predicted octanol–water partition coefficient (Wildman–Crippen LogP) is 4.48. The van der Waals surface area contributed by atoms with Crippen molar-refractivity contribution in [3.05, 3.63) is 33.4 Å². The summed E-state index contributed by atoms with van der Waals surface area (Å²) in [5, 5.41) is 19.1. The van der Waals surface area contributed by atoms with Crippen LogP contribution in [0.4, 0.5) is 26.3 Å². The van der Waals surface area contributed by atoms with E-state index in [2.05, 4.69) is 14.9 Å². The first-order valence-corrected chi connectivity index (χ1v) is 8.78. The van der Waals surface area contributed by atoms with E-state index in [0.29, 0.717) is 0 Å². The fourth-order valence-electron chi connectivity index (χ4n) is 2.23. The Bertz CT molecular complexity index is 836. The van der Waals surface area contributed by atoms with Crippen LogP contribution in [-0.2, 0) is 29.1 Å². The van der Waals surface area contributed by atoms with Gasteiger partial charge in [0.15, 0.2) is 11.4 Å². The Morgan fingerprint density at radius 3 is 1.87 bits per heavy atom. The van der Waals surface area contributed by atoms with Crippen molar-refractivity contribution in [2.45, 2.75) is 52.1 Å². The molecule has 0 unspecified atom stereocenters. The lowest BCUT2D eigenvalue weighted by molar-refractivity contribution is -0.142. The molecule has 2 rings (SSSR count). The van der Waals surface area contributed by atoms with Crippen molar-refractivity contribution in [2.75, 3.05) is 6.61 Å². The molecule has 2 heterocycles. The van der Waals surface area contributed by atoms with Crippen LogP contribution in [-0.4, -0.2) is 38.1 Å². The highest BCUT2D eigenvalue weighted by molar-refractivity contribution is 6.32. The number of hydrogen-bond donors (Lipinski definition) is 3. The molecule has 30 heavy (non-hydrogen) atoms. The number of aromatic nitrogens is 4. The van der Waals surface area contributed by atoms with Gasteiger partial charge in [-0.1, -0.05) is 18.5 Å². The number of carbonyl (C=O) groups excluding carboxylic acids is 1. The van der Waals surface area contributed by atoms with Crippen LogP contribution in [0.15, 0.2) is 0 Å². The number of rotatable bonds is 4. The molecule has 170 valence electrons. The van der Waals surface area contributed by atoms with E-state index in [1.54, 1.807) is 12.0 Å². The second-order valence-corrected chi connectivity index (χ2v) is 6.69. The SMILES string of the molecule is CC(C)(O)c1n[nH]c(C(F)(F)F)c1Cl.CCOC(=O)c1n[nH]c(C(F)(F)F)c1CC. The predicted molar refractivity (Wildman–Crippen MR) is 92.8 cm³/mol. The monoisotopic (exact) mass is 464 g/mol. The number of hydrogen-bond acceptors (Lipinski definition) is 5. The van der Waals surface area contributed by atoms with E-state index in [0.717, 1.165) is 0 Å². The van der Waals surface area contributed by atoms with Crippen LogP contribution in [0.2, 0.25) is 5.02 Å². The number of carbonyl (C=O) groups is 1. The number of alkyl halides is 6. The van der Waals surface area contributed by atoms with Crippen LogP contribution in [0.1, 0.15) is 60.8 Å². The Morgan fingerprint density at radius 2 is 1.53 bits per heavy atom. The molecule has 0 aliphatic heterocycles. The fourth-order valence-corrected chi connectivity index (χ4v) is 2.66. The summed E-state index contributed by atoms with van der Waals surface area (Å²) in [7, 11) is 0. The van der Waals surface area contributed by atoms with E-state index in [1.807, 2.05) is 5.10 Å². The minimum absolute atomic E-state index is 0.0551. The van der Waals surface area contributed by atoms with Gasteiger partial charge in [0.2, 0.25) is 0 Å². The minimum Gasteiger partial charge on any atom is -0.461 e. The molecule has 0 amide bonds. The summed E-state index contributed by atoms with van der Waals surface area (Å²) in [6.07, 6.45) is -9.07. The molecule has 2 aromatic rings. The molecule has 14 heteroatoms. The van der Waals surface area contributed by atoms with Crippen molar-refractivity contribution in [3.8, 4) is 0 Å². The highest BCUT2D eigenvalue weighted by Gasteiger charge is 2.39. The van der Waals surface area contributed by atoms with Gasteiger partial charge in [0.1, 0.15) is 17.0 Å². The summed E-state index contributed by atoms with van der Waals surface area (Å²) in [5.74, 6) is -0.842. The van der Waals surface area contributed by atoms with Gasteiger partial charge in [0, 0.05) is 5.56 Å². The number of aromatic amines is 2. The van der Waals surface area contributed by atoms with E-state index < -0.39 is 40.3 Å². The fraction of sp³-hybridized carbons (Fsp3) is 0.562. The summed E-state index contributed by atoms with van der Waals surface area (Å²) in [5.41, 5.74) is -4.31. The Balaban J connectivity index is 0.000000303. The molecular weight excluding hydrogens is 446 g/mol. The van der Waals surface area contributed by atoms with E-state index in [9.17, 15) is 36.2 Å². The van der Waals surface area contributed by atoms with Gasteiger partial charge >= 0.3 is 18.3 Å². The normalized spacial score (nSPS) is 12.4. The maximum atomic E-state index is 12.5. The lowest BCUT2D eigenvalue weighted by Crippen LogP contribution is -2.16. The molecule has 2 aromatic heterocycles. The quantitative estimate of drug-likeness (QED) is 0.457. The van der Waals surface area contributed by atoms with Gasteiger partial charge in [-0.25, -0.2) is 4.79 Å². The van der Waals surface area contributed by atoms with Gasteiger partial charge in [-0.2, -0.15) is 36.5 Å². The summed E-state index contributed by atoms with van der Waals surface area (Å²) < 4.78 is 78.7.